The Hall–Kier alpha value is -2.11. The van der Waals surface area contributed by atoms with Gasteiger partial charge in [-0.2, -0.15) is 5.10 Å². The van der Waals surface area contributed by atoms with Gasteiger partial charge < -0.3 is 10.0 Å². The van der Waals surface area contributed by atoms with Crippen LogP contribution in [0.1, 0.15) is 26.5 Å². The van der Waals surface area contributed by atoms with Crippen molar-refractivity contribution in [3.8, 4) is 0 Å². The Labute approximate surface area is 112 Å². The molecule has 0 fully saturated rings. The summed E-state index contributed by atoms with van der Waals surface area (Å²) in [4.78, 5) is 24.6. The highest BCUT2D eigenvalue weighted by Crippen LogP contribution is 2.15. The third kappa shape index (κ3) is 3.21. The highest BCUT2D eigenvalue weighted by Gasteiger charge is 2.35. The number of likely N-dealkylation sites (N-methyl/N-ethyl adjacent to an activating group) is 1. The fourth-order valence-corrected chi connectivity index (χ4v) is 1.74. The van der Waals surface area contributed by atoms with E-state index >= 15 is 0 Å². The van der Waals surface area contributed by atoms with Crippen LogP contribution in [-0.4, -0.2) is 43.7 Å². The van der Waals surface area contributed by atoms with Crippen LogP contribution in [0.5, 0.6) is 0 Å². The molecule has 1 heterocycles. The Morgan fingerprint density at radius 2 is 2.16 bits per heavy atom. The van der Waals surface area contributed by atoms with E-state index in [0.29, 0.717) is 6.54 Å². The van der Waals surface area contributed by atoms with E-state index in [1.165, 1.54) is 24.8 Å². The monoisotopic (exact) mass is 265 g/mol. The van der Waals surface area contributed by atoms with Crippen LogP contribution in [0.2, 0.25) is 0 Å². The Morgan fingerprint density at radius 3 is 2.58 bits per heavy atom. The zero-order chi connectivity index (χ0) is 14.6. The van der Waals surface area contributed by atoms with Crippen molar-refractivity contribution in [2.45, 2.75) is 26.3 Å². The maximum atomic E-state index is 12.1. The summed E-state index contributed by atoms with van der Waals surface area (Å²) >= 11 is 0. The summed E-state index contributed by atoms with van der Waals surface area (Å²) in [6, 6.07) is 1.77. The van der Waals surface area contributed by atoms with Gasteiger partial charge in [-0.1, -0.05) is 0 Å². The number of rotatable bonds is 5. The Balaban J connectivity index is 2.90. The molecule has 6 heteroatoms. The van der Waals surface area contributed by atoms with Gasteiger partial charge >= 0.3 is 5.97 Å². The molecule has 19 heavy (non-hydrogen) atoms. The third-order valence-electron chi connectivity index (χ3n) is 3.04. The van der Waals surface area contributed by atoms with Crippen molar-refractivity contribution < 1.29 is 14.7 Å². The third-order valence-corrected chi connectivity index (χ3v) is 3.04. The van der Waals surface area contributed by atoms with Gasteiger partial charge in [0.15, 0.2) is 0 Å². The number of aromatic nitrogens is 2. The second-order valence-corrected chi connectivity index (χ2v) is 4.66. The predicted molar refractivity (Wildman–Crippen MR) is 71.3 cm³/mol. The lowest BCUT2D eigenvalue weighted by Crippen LogP contribution is -2.52. The fourth-order valence-electron chi connectivity index (χ4n) is 1.74. The molecule has 0 aliphatic carbocycles. The van der Waals surface area contributed by atoms with Gasteiger partial charge in [-0.15, -0.1) is 0 Å². The highest BCUT2D eigenvalue weighted by atomic mass is 16.4. The van der Waals surface area contributed by atoms with Crippen LogP contribution in [0.25, 0.3) is 6.08 Å². The number of nitrogens with zero attached hydrogens (tertiary/aromatic N) is 3. The molecule has 0 aromatic carbocycles. The van der Waals surface area contributed by atoms with Gasteiger partial charge in [0.1, 0.15) is 5.54 Å². The molecule has 104 valence electrons. The predicted octanol–water partition coefficient (Wildman–Crippen LogP) is 1.15. The van der Waals surface area contributed by atoms with Crippen LogP contribution in [0.15, 0.2) is 18.3 Å². The van der Waals surface area contributed by atoms with Crippen molar-refractivity contribution in [3.63, 3.8) is 0 Å². The standard InChI is InChI=1S/C13H19N3O3/c1-5-16(13(2,3)12(18)19)11(17)7-6-10-8-9-14-15(10)4/h6-9H,5H2,1-4H3,(H,18,19)/b7-6+. The fraction of sp³-hybridized carbons (Fsp3) is 0.462. The lowest BCUT2D eigenvalue weighted by molar-refractivity contribution is -0.154. The number of carbonyl (C=O) groups is 2. The molecule has 0 bridgehead atoms. The van der Waals surface area contributed by atoms with E-state index in [4.69, 9.17) is 5.11 Å². The molecule has 0 aliphatic rings. The second-order valence-electron chi connectivity index (χ2n) is 4.66. The van der Waals surface area contributed by atoms with E-state index in [-0.39, 0.29) is 5.91 Å². The maximum Gasteiger partial charge on any atom is 0.329 e. The number of carbonyl (C=O) groups excluding carboxylic acids is 1. The van der Waals surface area contributed by atoms with Crippen LogP contribution in [0, 0.1) is 0 Å². The molecule has 6 nitrogen and oxygen atoms in total. The van der Waals surface area contributed by atoms with E-state index in [9.17, 15) is 9.59 Å². The van der Waals surface area contributed by atoms with Crippen LogP contribution >= 0.6 is 0 Å². The summed E-state index contributed by atoms with van der Waals surface area (Å²) in [6.07, 6.45) is 4.62. The Kier molecular flexibility index (Phi) is 4.47. The summed E-state index contributed by atoms with van der Waals surface area (Å²) < 4.78 is 1.63. The van der Waals surface area contributed by atoms with Crippen molar-refractivity contribution in [2.75, 3.05) is 6.54 Å². The first-order chi connectivity index (χ1) is 8.80. The molecular formula is C13H19N3O3. The molecule has 1 N–H and O–H groups in total. The molecule has 0 atom stereocenters. The normalized spacial score (nSPS) is 11.8. The van der Waals surface area contributed by atoms with Gasteiger partial charge in [0, 0.05) is 25.9 Å². The average molecular weight is 265 g/mol. The molecule has 1 aromatic rings. The van der Waals surface area contributed by atoms with Gasteiger partial charge in [0.2, 0.25) is 5.91 Å². The summed E-state index contributed by atoms with van der Waals surface area (Å²) in [7, 11) is 1.77. The van der Waals surface area contributed by atoms with E-state index in [1.54, 1.807) is 37.0 Å². The highest BCUT2D eigenvalue weighted by molar-refractivity contribution is 5.95. The van der Waals surface area contributed by atoms with Gasteiger partial charge in [0.05, 0.1) is 5.69 Å². The number of aryl methyl sites for hydroxylation is 1. The smallest absolute Gasteiger partial charge is 0.329 e. The summed E-state index contributed by atoms with van der Waals surface area (Å²) in [5.41, 5.74) is -0.458. The molecule has 1 rings (SSSR count). The van der Waals surface area contributed by atoms with Crippen molar-refractivity contribution in [2.24, 2.45) is 7.05 Å². The number of hydrogen-bond acceptors (Lipinski definition) is 3. The summed E-state index contributed by atoms with van der Waals surface area (Å²) in [5, 5.41) is 13.1. The van der Waals surface area contributed by atoms with Crippen molar-refractivity contribution in [1.82, 2.24) is 14.7 Å². The number of carboxylic acids is 1. The van der Waals surface area contributed by atoms with Crippen LogP contribution in [-0.2, 0) is 16.6 Å². The van der Waals surface area contributed by atoms with E-state index in [0.717, 1.165) is 5.69 Å². The number of amides is 1. The van der Waals surface area contributed by atoms with Crippen molar-refractivity contribution >= 4 is 18.0 Å². The SMILES string of the molecule is CCN(C(=O)/C=C/c1ccnn1C)C(C)(C)C(=O)O. The minimum atomic E-state index is -1.23. The number of hydrogen-bond donors (Lipinski definition) is 1. The maximum absolute atomic E-state index is 12.1. The first kappa shape index (κ1) is 14.9. The van der Waals surface area contributed by atoms with Crippen LogP contribution in [0.3, 0.4) is 0 Å². The first-order valence-electron chi connectivity index (χ1n) is 6.01. The minimum absolute atomic E-state index is 0.327. The molecule has 0 aliphatic heterocycles. The molecule has 0 unspecified atom stereocenters. The summed E-state index contributed by atoms with van der Waals surface area (Å²) in [5.74, 6) is -1.37. The van der Waals surface area contributed by atoms with Crippen LogP contribution < -0.4 is 0 Å². The molecule has 0 radical (unpaired) electrons. The second kappa shape index (κ2) is 5.69. The lowest BCUT2D eigenvalue weighted by Gasteiger charge is -2.33. The number of aliphatic carboxylic acids is 1. The Morgan fingerprint density at radius 1 is 1.53 bits per heavy atom. The van der Waals surface area contributed by atoms with Crippen molar-refractivity contribution in [3.05, 3.63) is 24.0 Å². The minimum Gasteiger partial charge on any atom is -0.480 e. The van der Waals surface area contributed by atoms with Crippen LogP contribution in [0.4, 0.5) is 0 Å². The van der Waals surface area contributed by atoms with E-state index in [1.807, 2.05) is 0 Å². The summed E-state index contributed by atoms with van der Waals surface area (Å²) in [6.45, 7) is 5.09. The largest absolute Gasteiger partial charge is 0.480 e. The average Bonchev–Trinajstić information content (AvgIpc) is 2.72. The van der Waals surface area contributed by atoms with E-state index < -0.39 is 11.5 Å². The van der Waals surface area contributed by atoms with Crippen molar-refractivity contribution in [1.29, 1.82) is 0 Å². The lowest BCUT2D eigenvalue weighted by atomic mass is 10.0. The molecule has 1 amide bonds. The molecule has 0 saturated carbocycles. The van der Waals surface area contributed by atoms with Gasteiger partial charge in [-0.3, -0.25) is 9.48 Å². The zero-order valence-corrected chi connectivity index (χ0v) is 11.6. The van der Waals surface area contributed by atoms with Gasteiger partial charge in [-0.05, 0) is 32.9 Å². The van der Waals surface area contributed by atoms with E-state index in [2.05, 4.69) is 5.10 Å². The molecule has 1 aromatic heterocycles. The molecular weight excluding hydrogens is 246 g/mol. The molecule has 0 saturated heterocycles. The number of carboxylic acid groups (broad SMARTS) is 1. The first-order valence-corrected chi connectivity index (χ1v) is 6.01. The Bertz CT molecular complexity index is 503. The zero-order valence-electron chi connectivity index (χ0n) is 11.6. The van der Waals surface area contributed by atoms with Gasteiger partial charge in [-0.25, -0.2) is 4.79 Å². The quantitative estimate of drug-likeness (QED) is 0.810. The topological polar surface area (TPSA) is 75.4 Å². The molecule has 0 spiro atoms. The van der Waals surface area contributed by atoms with Gasteiger partial charge in [0.25, 0.3) is 0 Å².